The highest BCUT2D eigenvalue weighted by Gasteiger charge is 2.42. The first kappa shape index (κ1) is 9.52. The average molecular weight is 197 g/mol. The molecule has 1 atom stereocenters. The highest BCUT2D eigenvalue weighted by atomic mass is 16.7. The first-order chi connectivity index (χ1) is 6.65. The van der Waals surface area contributed by atoms with Gasteiger partial charge in [0, 0.05) is 33.2 Å². The number of cyclic esters (lactones) is 1. The van der Waals surface area contributed by atoms with E-state index in [2.05, 4.69) is 4.90 Å². The highest BCUT2D eigenvalue weighted by Crippen LogP contribution is 2.32. The summed E-state index contributed by atoms with van der Waals surface area (Å²) in [6.45, 7) is 3.75. The lowest BCUT2D eigenvalue weighted by Gasteiger charge is -2.30. The van der Waals surface area contributed by atoms with Crippen LogP contribution in [0.4, 0.5) is 0 Å². The molecule has 1 unspecified atom stereocenters. The molecule has 0 N–H and O–H groups in total. The summed E-state index contributed by atoms with van der Waals surface area (Å²) in [5.74, 6) is -1.18. The molecule has 2 aliphatic heterocycles. The summed E-state index contributed by atoms with van der Waals surface area (Å²) in [4.78, 5) is 13.3. The van der Waals surface area contributed by atoms with E-state index in [1.807, 2.05) is 0 Å². The fourth-order valence-electron chi connectivity index (χ4n) is 2.00. The van der Waals surface area contributed by atoms with Gasteiger partial charge in [0.05, 0.1) is 5.70 Å². The van der Waals surface area contributed by atoms with Crippen molar-refractivity contribution < 1.29 is 14.3 Å². The Balaban J connectivity index is 2.22. The van der Waals surface area contributed by atoms with Crippen LogP contribution in [-0.4, -0.2) is 36.9 Å². The van der Waals surface area contributed by atoms with E-state index in [4.69, 9.17) is 9.47 Å². The minimum Gasteiger partial charge on any atom is -0.424 e. The molecule has 0 aliphatic carbocycles. The van der Waals surface area contributed by atoms with Gasteiger partial charge in [-0.3, -0.25) is 0 Å². The molecule has 14 heavy (non-hydrogen) atoms. The zero-order chi connectivity index (χ0) is 10.2. The minimum atomic E-state index is -0.874. The Morgan fingerprint density at radius 2 is 2.14 bits per heavy atom. The number of hydrogen-bond acceptors (Lipinski definition) is 4. The van der Waals surface area contributed by atoms with Crippen molar-refractivity contribution in [2.45, 2.75) is 25.6 Å². The number of rotatable bonds is 2. The van der Waals surface area contributed by atoms with Crippen molar-refractivity contribution in [3.8, 4) is 0 Å². The number of carbonyl (C=O) groups is 1. The van der Waals surface area contributed by atoms with E-state index in [1.165, 1.54) is 18.9 Å². The predicted octanol–water partition coefficient (Wildman–Crippen LogP) is 0.885. The van der Waals surface area contributed by atoms with Gasteiger partial charge < -0.3 is 14.4 Å². The molecule has 0 spiro atoms. The number of nitrogens with zero attached hydrogens (tertiary/aromatic N) is 1. The lowest BCUT2D eigenvalue weighted by molar-refractivity contribution is -0.189. The van der Waals surface area contributed by atoms with Crippen molar-refractivity contribution in [3.05, 3.63) is 11.8 Å². The fourth-order valence-corrected chi connectivity index (χ4v) is 2.00. The third kappa shape index (κ3) is 1.39. The molecule has 4 heteroatoms. The maximum absolute atomic E-state index is 11.2. The predicted molar refractivity (Wildman–Crippen MR) is 50.4 cm³/mol. The number of ether oxygens (including phenoxy) is 2. The van der Waals surface area contributed by atoms with Crippen LogP contribution in [0.3, 0.4) is 0 Å². The van der Waals surface area contributed by atoms with Gasteiger partial charge in [-0.25, -0.2) is 4.79 Å². The van der Waals surface area contributed by atoms with Gasteiger partial charge >= 0.3 is 5.97 Å². The summed E-state index contributed by atoms with van der Waals surface area (Å²) in [6, 6.07) is 0. The Kier molecular flexibility index (Phi) is 2.23. The molecule has 78 valence electrons. The number of likely N-dealkylation sites (tertiary alicyclic amines) is 1. The van der Waals surface area contributed by atoms with Gasteiger partial charge in [0.25, 0.3) is 5.79 Å². The third-order valence-electron chi connectivity index (χ3n) is 2.85. The van der Waals surface area contributed by atoms with Gasteiger partial charge in [-0.1, -0.05) is 0 Å². The molecular formula is C10H15NO3. The zero-order valence-corrected chi connectivity index (χ0v) is 8.58. The first-order valence-electron chi connectivity index (χ1n) is 4.91. The fraction of sp³-hybridized carbons (Fsp3) is 0.700. The second-order valence-corrected chi connectivity index (χ2v) is 3.79. The van der Waals surface area contributed by atoms with Crippen molar-refractivity contribution in [2.75, 3.05) is 20.2 Å². The molecule has 4 nitrogen and oxygen atoms in total. The number of carbonyl (C=O) groups excluding carboxylic acids is 1. The van der Waals surface area contributed by atoms with Crippen LogP contribution in [0.25, 0.3) is 0 Å². The standard InChI is InChI=1S/C10H15NO3/c1-10(13-2)8(7-9(12)14-10)11-5-3-4-6-11/h7H,3-6H2,1-2H3. The molecule has 0 saturated carbocycles. The Morgan fingerprint density at radius 3 is 2.71 bits per heavy atom. The zero-order valence-electron chi connectivity index (χ0n) is 8.58. The molecule has 0 amide bonds. The monoisotopic (exact) mass is 197 g/mol. The Hall–Kier alpha value is -1.03. The molecule has 0 aromatic rings. The number of hydrogen-bond donors (Lipinski definition) is 0. The van der Waals surface area contributed by atoms with E-state index < -0.39 is 5.79 Å². The molecule has 0 bridgehead atoms. The van der Waals surface area contributed by atoms with Crippen molar-refractivity contribution >= 4 is 5.97 Å². The van der Waals surface area contributed by atoms with Gasteiger partial charge in [-0.05, 0) is 12.8 Å². The van der Waals surface area contributed by atoms with Gasteiger partial charge in [0.15, 0.2) is 0 Å². The van der Waals surface area contributed by atoms with Gasteiger partial charge in [0.2, 0.25) is 0 Å². The molecule has 0 aromatic heterocycles. The van der Waals surface area contributed by atoms with E-state index in [-0.39, 0.29) is 5.97 Å². The van der Waals surface area contributed by atoms with Crippen LogP contribution in [0.1, 0.15) is 19.8 Å². The average Bonchev–Trinajstić information content (AvgIpc) is 2.73. The summed E-state index contributed by atoms with van der Waals surface area (Å²) in [5.41, 5.74) is 0.863. The van der Waals surface area contributed by atoms with E-state index in [0.717, 1.165) is 18.8 Å². The Bertz CT molecular complexity index is 281. The van der Waals surface area contributed by atoms with Crippen molar-refractivity contribution in [3.63, 3.8) is 0 Å². The van der Waals surface area contributed by atoms with Crippen LogP contribution < -0.4 is 0 Å². The quantitative estimate of drug-likeness (QED) is 0.616. The molecule has 1 saturated heterocycles. The van der Waals surface area contributed by atoms with Crippen LogP contribution in [0, 0.1) is 0 Å². The normalized spacial score (nSPS) is 32.0. The molecule has 1 fully saturated rings. The van der Waals surface area contributed by atoms with E-state index in [0.29, 0.717) is 0 Å². The van der Waals surface area contributed by atoms with E-state index in [9.17, 15) is 4.79 Å². The van der Waals surface area contributed by atoms with E-state index >= 15 is 0 Å². The molecule has 2 rings (SSSR count). The summed E-state index contributed by atoms with van der Waals surface area (Å²) in [7, 11) is 1.56. The van der Waals surface area contributed by atoms with E-state index in [1.54, 1.807) is 14.0 Å². The lowest BCUT2D eigenvalue weighted by atomic mass is 10.2. The first-order valence-corrected chi connectivity index (χ1v) is 4.91. The highest BCUT2D eigenvalue weighted by molar-refractivity contribution is 5.86. The lowest BCUT2D eigenvalue weighted by Crippen LogP contribution is -2.38. The molecular weight excluding hydrogens is 182 g/mol. The van der Waals surface area contributed by atoms with Crippen LogP contribution in [0.15, 0.2) is 11.8 Å². The van der Waals surface area contributed by atoms with Crippen molar-refractivity contribution in [1.29, 1.82) is 0 Å². The minimum absolute atomic E-state index is 0.309. The van der Waals surface area contributed by atoms with Crippen molar-refractivity contribution in [1.82, 2.24) is 4.90 Å². The van der Waals surface area contributed by atoms with Gasteiger partial charge in [-0.2, -0.15) is 0 Å². The second kappa shape index (κ2) is 3.28. The topological polar surface area (TPSA) is 38.8 Å². The third-order valence-corrected chi connectivity index (χ3v) is 2.85. The number of methoxy groups -OCH3 is 1. The number of esters is 1. The van der Waals surface area contributed by atoms with Crippen LogP contribution in [0.5, 0.6) is 0 Å². The van der Waals surface area contributed by atoms with Crippen LogP contribution in [-0.2, 0) is 14.3 Å². The smallest absolute Gasteiger partial charge is 0.335 e. The Labute approximate surface area is 83.5 Å². The van der Waals surface area contributed by atoms with Crippen LogP contribution in [0.2, 0.25) is 0 Å². The summed E-state index contributed by atoms with van der Waals surface area (Å²) < 4.78 is 10.4. The molecule has 2 heterocycles. The second-order valence-electron chi connectivity index (χ2n) is 3.79. The summed E-state index contributed by atoms with van der Waals surface area (Å²) >= 11 is 0. The van der Waals surface area contributed by atoms with Gasteiger partial charge in [-0.15, -0.1) is 0 Å². The Morgan fingerprint density at radius 1 is 1.50 bits per heavy atom. The van der Waals surface area contributed by atoms with Gasteiger partial charge in [0.1, 0.15) is 0 Å². The summed E-state index contributed by atoms with van der Waals surface area (Å²) in [6.07, 6.45) is 3.88. The maximum atomic E-state index is 11.2. The largest absolute Gasteiger partial charge is 0.424 e. The molecule has 2 aliphatic rings. The molecule has 0 radical (unpaired) electrons. The maximum Gasteiger partial charge on any atom is 0.335 e. The van der Waals surface area contributed by atoms with Crippen LogP contribution >= 0.6 is 0 Å². The van der Waals surface area contributed by atoms with Crippen molar-refractivity contribution in [2.24, 2.45) is 0 Å². The summed E-state index contributed by atoms with van der Waals surface area (Å²) in [5, 5.41) is 0. The SMILES string of the molecule is COC1(C)OC(=O)C=C1N1CCCC1. The molecule has 0 aromatic carbocycles.